The lowest BCUT2D eigenvalue weighted by Gasteiger charge is -2.53. The van der Waals surface area contributed by atoms with Gasteiger partial charge in [-0.05, 0) is 20.4 Å². The lowest BCUT2D eigenvalue weighted by molar-refractivity contribution is -0.253. The van der Waals surface area contributed by atoms with Gasteiger partial charge in [0.1, 0.15) is 0 Å². The van der Waals surface area contributed by atoms with Crippen LogP contribution >= 0.6 is 0 Å². The minimum Gasteiger partial charge on any atom is -0.242 e. The van der Waals surface area contributed by atoms with Gasteiger partial charge in [0.15, 0.2) is 11.6 Å². The van der Waals surface area contributed by atoms with E-state index in [1.165, 1.54) is 14.0 Å². The van der Waals surface area contributed by atoms with Gasteiger partial charge in [0.2, 0.25) is 0 Å². The number of hydrogen-bond donors (Lipinski definition) is 0. The maximum atomic E-state index is 13.2. The van der Waals surface area contributed by atoms with Crippen LogP contribution in [-0.2, 0) is 0 Å². The highest BCUT2D eigenvalue weighted by atomic mass is 19.2. The van der Waals surface area contributed by atoms with Crippen molar-refractivity contribution in [2.75, 3.05) is 7.05 Å². The fourth-order valence-corrected chi connectivity index (χ4v) is 1.42. The highest BCUT2D eigenvalue weighted by Crippen LogP contribution is 2.47. The van der Waals surface area contributed by atoms with Crippen LogP contribution in [0.5, 0.6) is 0 Å². The number of hydrogen-bond acceptors (Lipinski definition) is 1. The molecule has 2 unspecified atom stereocenters. The summed E-state index contributed by atoms with van der Waals surface area (Å²) in [6.45, 7) is 3.13. The molecule has 3 heteroatoms. The van der Waals surface area contributed by atoms with Crippen LogP contribution in [0.3, 0.4) is 0 Å². The first-order valence-electron chi connectivity index (χ1n) is 3.54. The van der Waals surface area contributed by atoms with Crippen LogP contribution in [0, 0.1) is 0 Å². The van der Waals surface area contributed by atoms with Gasteiger partial charge in [-0.1, -0.05) is 6.92 Å². The molecule has 1 rings (SSSR count). The van der Waals surface area contributed by atoms with Crippen molar-refractivity contribution < 1.29 is 8.78 Å². The van der Waals surface area contributed by atoms with E-state index in [4.69, 9.17) is 0 Å². The van der Waals surface area contributed by atoms with Gasteiger partial charge in [-0.3, -0.25) is 0 Å². The third-order valence-corrected chi connectivity index (χ3v) is 2.44. The average Bonchev–Trinajstić information content (AvgIpc) is 1.86. The van der Waals surface area contributed by atoms with Crippen LogP contribution in [0.15, 0.2) is 0 Å². The van der Waals surface area contributed by atoms with Gasteiger partial charge >= 0.3 is 0 Å². The summed E-state index contributed by atoms with van der Waals surface area (Å²) in [6, 6.07) is 0. The molecule has 0 saturated carbocycles. The molecule has 1 heterocycles. The zero-order valence-electron chi connectivity index (χ0n) is 6.62. The van der Waals surface area contributed by atoms with E-state index >= 15 is 0 Å². The van der Waals surface area contributed by atoms with E-state index in [1.807, 2.05) is 0 Å². The topological polar surface area (TPSA) is 3.24 Å². The Balaban J connectivity index is 2.61. The lowest BCUT2D eigenvalue weighted by Crippen LogP contribution is -2.66. The molecule has 1 saturated heterocycles. The first-order valence-corrected chi connectivity index (χ1v) is 3.54. The van der Waals surface area contributed by atoms with Crippen molar-refractivity contribution in [1.82, 2.24) is 4.90 Å². The first kappa shape index (κ1) is 7.92. The fourth-order valence-electron chi connectivity index (χ4n) is 1.42. The van der Waals surface area contributed by atoms with E-state index in [0.29, 0.717) is 6.42 Å². The summed E-state index contributed by atoms with van der Waals surface area (Å²) >= 11 is 0. The Morgan fingerprint density at radius 2 is 2.00 bits per heavy atom. The first-order chi connectivity index (χ1) is 4.42. The minimum atomic E-state index is -1.43. The standard InChI is InChI=1S/C7H13F2N/c1-4-7(9)5-6(2,8)10(7)3/h4-5H2,1-3H3. The Hall–Kier alpha value is -0.180. The van der Waals surface area contributed by atoms with Gasteiger partial charge in [0.25, 0.3) is 0 Å². The van der Waals surface area contributed by atoms with Gasteiger partial charge in [0.05, 0.1) is 0 Å². The Labute approximate surface area is 60.0 Å². The summed E-state index contributed by atoms with van der Waals surface area (Å²) in [4.78, 5) is 1.15. The number of likely N-dealkylation sites (tertiary alicyclic amines) is 1. The van der Waals surface area contributed by atoms with Gasteiger partial charge in [-0.15, -0.1) is 0 Å². The average molecular weight is 149 g/mol. The van der Waals surface area contributed by atoms with E-state index in [0.717, 1.165) is 4.90 Å². The summed E-state index contributed by atoms with van der Waals surface area (Å²) in [7, 11) is 1.48. The summed E-state index contributed by atoms with van der Waals surface area (Å²) in [5.74, 6) is -2.81. The molecule has 1 nitrogen and oxygen atoms in total. The van der Waals surface area contributed by atoms with Crippen LogP contribution in [0.25, 0.3) is 0 Å². The highest BCUT2D eigenvalue weighted by Gasteiger charge is 2.57. The molecule has 0 aliphatic carbocycles. The summed E-state index contributed by atoms with van der Waals surface area (Å²) in [5, 5.41) is 0. The molecule has 0 radical (unpaired) electrons. The third-order valence-electron chi connectivity index (χ3n) is 2.44. The monoisotopic (exact) mass is 149 g/mol. The lowest BCUT2D eigenvalue weighted by atomic mass is 9.88. The second-order valence-corrected chi connectivity index (χ2v) is 3.15. The molecule has 0 N–H and O–H groups in total. The fraction of sp³-hybridized carbons (Fsp3) is 1.00. The largest absolute Gasteiger partial charge is 0.242 e. The molecule has 1 aliphatic heterocycles. The van der Waals surface area contributed by atoms with E-state index in [1.54, 1.807) is 6.92 Å². The molecule has 0 aromatic heterocycles. The van der Waals surface area contributed by atoms with E-state index in [-0.39, 0.29) is 6.42 Å². The van der Waals surface area contributed by atoms with E-state index < -0.39 is 11.6 Å². The Kier molecular flexibility index (Phi) is 1.51. The molecule has 0 amide bonds. The summed E-state index contributed by atoms with van der Waals surface area (Å²) < 4.78 is 26.2. The molecule has 60 valence electrons. The zero-order valence-corrected chi connectivity index (χ0v) is 6.62. The smallest absolute Gasteiger partial charge is 0.170 e. The molecular formula is C7H13F2N. The van der Waals surface area contributed by atoms with Crippen LogP contribution in [0.2, 0.25) is 0 Å². The zero-order chi connectivity index (χ0) is 7.99. The van der Waals surface area contributed by atoms with Gasteiger partial charge in [-0.2, -0.15) is 0 Å². The molecule has 0 aromatic rings. The maximum Gasteiger partial charge on any atom is 0.170 e. The van der Waals surface area contributed by atoms with E-state index in [9.17, 15) is 8.78 Å². The Bertz CT molecular complexity index is 147. The highest BCUT2D eigenvalue weighted by molar-refractivity contribution is 4.99. The molecule has 1 aliphatic rings. The van der Waals surface area contributed by atoms with Crippen LogP contribution in [0.4, 0.5) is 8.78 Å². The summed E-state index contributed by atoms with van der Waals surface area (Å²) in [5.41, 5.74) is 0. The quantitative estimate of drug-likeness (QED) is 0.516. The maximum absolute atomic E-state index is 13.2. The van der Waals surface area contributed by atoms with Crippen molar-refractivity contribution in [3.63, 3.8) is 0 Å². The normalized spacial score (nSPS) is 48.9. The Morgan fingerprint density at radius 3 is 2.10 bits per heavy atom. The van der Waals surface area contributed by atoms with Crippen molar-refractivity contribution in [3.05, 3.63) is 0 Å². The molecule has 0 spiro atoms. The molecular weight excluding hydrogens is 136 g/mol. The van der Waals surface area contributed by atoms with Gasteiger partial charge in [0, 0.05) is 6.42 Å². The van der Waals surface area contributed by atoms with Crippen LogP contribution < -0.4 is 0 Å². The molecule has 2 atom stereocenters. The molecule has 10 heavy (non-hydrogen) atoms. The predicted octanol–water partition coefficient (Wildman–Crippen LogP) is 2.08. The number of nitrogens with zero attached hydrogens (tertiary/aromatic N) is 1. The van der Waals surface area contributed by atoms with Crippen molar-refractivity contribution >= 4 is 0 Å². The van der Waals surface area contributed by atoms with Gasteiger partial charge in [-0.25, -0.2) is 13.7 Å². The second-order valence-electron chi connectivity index (χ2n) is 3.15. The van der Waals surface area contributed by atoms with Crippen LogP contribution in [0.1, 0.15) is 26.7 Å². The van der Waals surface area contributed by atoms with Crippen molar-refractivity contribution in [1.29, 1.82) is 0 Å². The number of rotatable bonds is 1. The number of alkyl halides is 2. The van der Waals surface area contributed by atoms with E-state index in [2.05, 4.69) is 0 Å². The molecule has 0 bridgehead atoms. The van der Waals surface area contributed by atoms with Crippen molar-refractivity contribution in [2.24, 2.45) is 0 Å². The minimum absolute atomic E-state index is 0.00694. The van der Waals surface area contributed by atoms with Gasteiger partial charge < -0.3 is 0 Å². The van der Waals surface area contributed by atoms with Crippen molar-refractivity contribution in [3.8, 4) is 0 Å². The van der Waals surface area contributed by atoms with Crippen LogP contribution in [-0.4, -0.2) is 23.5 Å². The number of halogens is 2. The third kappa shape index (κ3) is 0.839. The van der Waals surface area contributed by atoms with Crippen molar-refractivity contribution in [2.45, 2.75) is 38.3 Å². The summed E-state index contributed by atoms with van der Waals surface area (Å²) in [6.07, 6.45) is 0.371. The molecule has 0 aromatic carbocycles. The second kappa shape index (κ2) is 1.91. The molecule has 1 fully saturated rings. The SMILES string of the molecule is CCC1(F)CC(C)(F)N1C. The Morgan fingerprint density at radius 1 is 1.50 bits per heavy atom. The predicted molar refractivity (Wildman–Crippen MR) is 36.0 cm³/mol.